The van der Waals surface area contributed by atoms with Crippen molar-refractivity contribution in [3.63, 3.8) is 0 Å². The van der Waals surface area contributed by atoms with E-state index in [0.717, 1.165) is 32.7 Å². The molecular formula is C18H24N2O. The molecule has 1 saturated heterocycles. The van der Waals surface area contributed by atoms with Crippen LogP contribution in [0.1, 0.15) is 18.9 Å². The molecule has 2 unspecified atom stereocenters. The van der Waals surface area contributed by atoms with Crippen LogP contribution in [0.25, 0.3) is 10.8 Å². The zero-order valence-electron chi connectivity index (χ0n) is 12.6. The Bertz CT molecular complexity index is 573. The van der Waals surface area contributed by atoms with Crippen LogP contribution >= 0.6 is 0 Å². The Morgan fingerprint density at radius 2 is 2.10 bits per heavy atom. The van der Waals surface area contributed by atoms with Crippen molar-refractivity contribution in [3.8, 4) is 0 Å². The zero-order chi connectivity index (χ0) is 14.5. The lowest BCUT2D eigenvalue weighted by Crippen LogP contribution is -2.44. The van der Waals surface area contributed by atoms with Crippen LogP contribution in [0, 0.1) is 0 Å². The van der Waals surface area contributed by atoms with Crippen molar-refractivity contribution in [2.75, 3.05) is 19.8 Å². The van der Waals surface area contributed by atoms with E-state index in [1.807, 2.05) is 0 Å². The summed E-state index contributed by atoms with van der Waals surface area (Å²) >= 11 is 0. The Kier molecular flexibility index (Phi) is 4.86. The summed E-state index contributed by atoms with van der Waals surface area (Å²) in [6, 6.07) is 16.1. The minimum absolute atomic E-state index is 0.475. The number of nitrogens with one attached hydrogen (secondary N) is 2. The number of benzene rings is 2. The first-order valence-electron chi connectivity index (χ1n) is 7.84. The normalized spacial score (nSPS) is 20.5. The van der Waals surface area contributed by atoms with Crippen molar-refractivity contribution in [2.45, 2.75) is 32.0 Å². The molecule has 21 heavy (non-hydrogen) atoms. The van der Waals surface area contributed by atoms with Crippen LogP contribution in [0.15, 0.2) is 42.5 Å². The molecule has 1 aliphatic heterocycles. The van der Waals surface area contributed by atoms with Crippen molar-refractivity contribution in [3.05, 3.63) is 48.0 Å². The third kappa shape index (κ3) is 3.82. The van der Waals surface area contributed by atoms with Crippen LogP contribution in [0.4, 0.5) is 0 Å². The standard InChI is InChI=1S/C18H24N2O/c1-14(11-17-13-21-10-9-19-17)20-12-16-7-4-6-15-5-2-3-8-18(15)16/h2-8,14,17,19-20H,9-13H2,1H3. The molecule has 112 valence electrons. The number of rotatable bonds is 5. The van der Waals surface area contributed by atoms with Crippen LogP contribution in [-0.4, -0.2) is 31.8 Å². The fraction of sp³-hybridized carbons (Fsp3) is 0.444. The van der Waals surface area contributed by atoms with E-state index in [0.29, 0.717) is 12.1 Å². The molecule has 0 aliphatic carbocycles. The molecule has 3 nitrogen and oxygen atoms in total. The van der Waals surface area contributed by atoms with Crippen molar-refractivity contribution >= 4 is 10.8 Å². The number of hydrogen-bond acceptors (Lipinski definition) is 3. The second-order valence-corrected chi connectivity index (χ2v) is 5.88. The molecule has 3 rings (SSSR count). The SMILES string of the molecule is CC(CC1COCCN1)NCc1cccc2ccccc12. The average molecular weight is 284 g/mol. The maximum absolute atomic E-state index is 5.51. The van der Waals surface area contributed by atoms with Gasteiger partial charge in [0.25, 0.3) is 0 Å². The monoisotopic (exact) mass is 284 g/mol. The van der Waals surface area contributed by atoms with Crippen molar-refractivity contribution in [1.82, 2.24) is 10.6 Å². The van der Waals surface area contributed by atoms with E-state index in [2.05, 4.69) is 60.0 Å². The number of morpholine rings is 1. The highest BCUT2D eigenvalue weighted by molar-refractivity contribution is 5.85. The molecule has 2 N–H and O–H groups in total. The first kappa shape index (κ1) is 14.5. The fourth-order valence-corrected chi connectivity index (χ4v) is 3.01. The van der Waals surface area contributed by atoms with Crippen LogP contribution in [-0.2, 0) is 11.3 Å². The quantitative estimate of drug-likeness (QED) is 0.885. The summed E-state index contributed by atoms with van der Waals surface area (Å²) in [5, 5.41) is 9.81. The Labute approximate surface area is 126 Å². The van der Waals surface area contributed by atoms with Crippen molar-refractivity contribution in [2.24, 2.45) is 0 Å². The molecule has 2 aromatic carbocycles. The molecule has 0 radical (unpaired) electrons. The van der Waals surface area contributed by atoms with Crippen LogP contribution in [0.2, 0.25) is 0 Å². The van der Waals surface area contributed by atoms with Gasteiger partial charge in [-0.3, -0.25) is 0 Å². The Hall–Kier alpha value is -1.42. The van der Waals surface area contributed by atoms with Gasteiger partial charge in [-0.1, -0.05) is 42.5 Å². The Balaban J connectivity index is 1.58. The largest absolute Gasteiger partial charge is 0.379 e. The van der Waals surface area contributed by atoms with Crippen molar-refractivity contribution < 1.29 is 4.74 Å². The second kappa shape index (κ2) is 7.03. The molecule has 3 heteroatoms. The summed E-state index contributed by atoms with van der Waals surface area (Å²) in [5.74, 6) is 0. The van der Waals surface area contributed by atoms with Crippen molar-refractivity contribution in [1.29, 1.82) is 0 Å². The van der Waals surface area contributed by atoms with Gasteiger partial charge < -0.3 is 15.4 Å². The van der Waals surface area contributed by atoms with Gasteiger partial charge in [0.15, 0.2) is 0 Å². The third-order valence-electron chi connectivity index (χ3n) is 4.16. The van der Waals surface area contributed by atoms with Crippen LogP contribution in [0.5, 0.6) is 0 Å². The van der Waals surface area contributed by atoms with Gasteiger partial charge >= 0.3 is 0 Å². The summed E-state index contributed by atoms with van der Waals surface area (Å²) in [6.07, 6.45) is 1.10. The number of hydrogen-bond donors (Lipinski definition) is 2. The lowest BCUT2D eigenvalue weighted by Gasteiger charge is -2.26. The zero-order valence-corrected chi connectivity index (χ0v) is 12.6. The molecule has 0 amide bonds. The minimum Gasteiger partial charge on any atom is -0.379 e. The van der Waals surface area contributed by atoms with E-state index in [1.165, 1.54) is 16.3 Å². The van der Waals surface area contributed by atoms with Gasteiger partial charge in [-0.15, -0.1) is 0 Å². The van der Waals surface area contributed by atoms with Gasteiger partial charge in [0, 0.05) is 25.2 Å². The molecular weight excluding hydrogens is 260 g/mol. The van der Waals surface area contributed by atoms with Gasteiger partial charge in [0.2, 0.25) is 0 Å². The van der Waals surface area contributed by atoms with E-state index in [1.54, 1.807) is 0 Å². The molecule has 1 fully saturated rings. The highest BCUT2D eigenvalue weighted by Gasteiger charge is 2.16. The predicted octanol–water partition coefficient (Wildman–Crippen LogP) is 2.70. The maximum Gasteiger partial charge on any atom is 0.0620 e. The molecule has 0 bridgehead atoms. The lowest BCUT2D eigenvalue weighted by molar-refractivity contribution is 0.0712. The first-order valence-corrected chi connectivity index (χ1v) is 7.84. The number of fused-ring (bicyclic) bond motifs is 1. The summed E-state index contributed by atoms with van der Waals surface area (Å²) in [6.45, 7) is 5.81. The molecule has 0 saturated carbocycles. The molecule has 2 atom stereocenters. The topological polar surface area (TPSA) is 33.3 Å². The summed E-state index contributed by atoms with van der Waals surface area (Å²) in [4.78, 5) is 0. The van der Waals surface area contributed by atoms with Gasteiger partial charge in [-0.05, 0) is 29.7 Å². The minimum atomic E-state index is 0.475. The predicted molar refractivity (Wildman–Crippen MR) is 87.5 cm³/mol. The number of ether oxygens (including phenoxy) is 1. The summed E-state index contributed by atoms with van der Waals surface area (Å²) in [5.41, 5.74) is 1.37. The third-order valence-corrected chi connectivity index (χ3v) is 4.16. The van der Waals surface area contributed by atoms with Gasteiger partial charge in [0.05, 0.1) is 13.2 Å². The molecule has 1 heterocycles. The summed E-state index contributed by atoms with van der Waals surface area (Å²) < 4.78 is 5.51. The van der Waals surface area contributed by atoms with Gasteiger partial charge in [-0.25, -0.2) is 0 Å². The smallest absolute Gasteiger partial charge is 0.0620 e. The van der Waals surface area contributed by atoms with Crippen LogP contribution in [0.3, 0.4) is 0 Å². The Morgan fingerprint density at radius 3 is 2.95 bits per heavy atom. The molecule has 0 aromatic heterocycles. The van der Waals surface area contributed by atoms with Gasteiger partial charge in [0.1, 0.15) is 0 Å². The Morgan fingerprint density at radius 1 is 1.24 bits per heavy atom. The average Bonchev–Trinajstić information content (AvgIpc) is 2.54. The molecule has 0 spiro atoms. The maximum atomic E-state index is 5.51. The highest BCUT2D eigenvalue weighted by atomic mass is 16.5. The first-order chi connectivity index (χ1) is 10.3. The summed E-state index contributed by atoms with van der Waals surface area (Å²) in [7, 11) is 0. The molecule has 1 aliphatic rings. The lowest BCUT2D eigenvalue weighted by atomic mass is 10.0. The fourth-order valence-electron chi connectivity index (χ4n) is 3.01. The van der Waals surface area contributed by atoms with Gasteiger partial charge in [-0.2, -0.15) is 0 Å². The second-order valence-electron chi connectivity index (χ2n) is 5.88. The van der Waals surface area contributed by atoms with Crippen LogP contribution < -0.4 is 10.6 Å². The highest BCUT2D eigenvalue weighted by Crippen LogP contribution is 2.18. The van der Waals surface area contributed by atoms with E-state index in [4.69, 9.17) is 4.74 Å². The molecule has 2 aromatic rings. The van der Waals surface area contributed by atoms with E-state index in [9.17, 15) is 0 Å². The van der Waals surface area contributed by atoms with E-state index in [-0.39, 0.29) is 0 Å². The van der Waals surface area contributed by atoms with E-state index >= 15 is 0 Å². The van der Waals surface area contributed by atoms with E-state index < -0.39 is 0 Å².